The lowest BCUT2D eigenvalue weighted by molar-refractivity contribution is 1.27. The number of benzene rings is 1. The minimum absolute atomic E-state index is 0.787. The fraction of sp³-hybridized carbons (Fsp3) is 0.250. The number of hydrogen-bond donors (Lipinski definition) is 1. The molecule has 0 bridgehead atoms. The summed E-state index contributed by atoms with van der Waals surface area (Å²) in [5.41, 5.74) is 8.67. The molecule has 0 aliphatic carbocycles. The summed E-state index contributed by atoms with van der Waals surface area (Å²) < 4.78 is 0. The number of thioether (sulfide) groups is 1. The number of rotatable bonds is 4. The van der Waals surface area contributed by atoms with E-state index in [2.05, 4.69) is 17.3 Å². The van der Waals surface area contributed by atoms with Crippen LogP contribution in [0.4, 0.5) is 5.69 Å². The van der Waals surface area contributed by atoms with E-state index in [0.717, 1.165) is 28.5 Å². The molecule has 84 valence electrons. The standard InChI is InChI=1S/C12H14N2S2/c1-2-15-8-12-14-11(7-16-12)9-4-3-5-10(13)6-9/h3-7H,2,8,13H2,1H3. The van der Waals surface area contributed by atoms with Crippen molar-refractivity contribution >= 4 is 28.8 Å². The molecular weight excluding hydrogens is 236 g/mol. The molecule has 0 amide bonds. The Hall–Kier alpha value is -1.000. The largest absolute Gasteiger partial charge is 0.399 e. The second-order valence-electron chi connectivity index (χ2n) is 3.39. The van der Waals surface area contributed by atoms with Gasteiger partial charge in [0.2, 0.25) is 0 Å². The first-order valence-electron chi connectivity index (χ1n) is 5.17. The number of thiazole rings is 1. The molecule has 0 atom stereocenters. The minimum atomic E-state index is 0.787. The van der Waals surface area contributed by atoms with Gasteiger partial charge in [-0.1, -0.05) is 19.1 Å². The zero-order valence-electron chi connectivity index (χ0n) is 9.14. The van der Waals surface area contributed by atoms with Crippen LogP contribution in [0.25, 0.3) is 11.3 Å². The molecule has 0 radical (unpaired) electrons. The summed E-state index contributed by atoms with van der Waals surface area (Å²) in [5, 5.41) is 3.28. The van der Waals surface area contributed by atoms with Gasteiger partial charge >= 0.3 is 0 Å². The van der Waals surface area contributed by atoms with Crippen molar-refractivity contribution in [1.29, 1.82) is 0 Å². The molecule has 2 N–H and O–H groups in total. The Kier molecular flexibility index (Phi) is 3.85. The number of nitrogens with zero attached hydrogens (tertiary/aromatic N) is 1. The third kappa shape index (κ3) is 2.77. The summed E-state index contributed by atoms with van der Waals surface area (Å²) in [7, 11) is 0. The summed E-state index contributed by atoms with van der Waals surface area (Å²) in [6.07, 6.45) is 0. The number of nitrogens with two attached hydrogens (primary N) is 1. The zero-order chi connectivity index (χ0) is 11.4. The Morgan fingerprint density at radius 3 is 3.06 bits per heavy atom. The highest BCUT2D eigenvalue weighted by Crippen LogP contribution is 2.25. The van der Waals surface area contributed by atoms with Crippen LogP contribution in [0.2, 0.25) is 0 Å². The van der Waals surface area contributed by atoms with E-state index >= 15 is 0 Å². The Labute approximate surface area is 104 Å². The molecule has 2 rings (SSSR count). The first-order chi connectivity index (χ1) is 7.79. The number of aromatic nitrogens is 1. The van der Waals surface area contributed by atoms with Crippen molar-refractivity contribution in [3.8, 4) is 11.3 Å². The summed E-state index contributed by atoms with van der Waals surface area (Å²) in [6, 6.07) is 7.86. The van der Waals surface area contributed by atoms with Gasteiger partial charge < -0.3 is 5.73 Å². The zero-order valence-corrected chi connectivity index (χ0v) is 10.8. The number of hydrogen-bond acceptors (Lipinski definition) is 4. The van der Waals surface area contributed by atoms with E-state index < -0.39 is 0 Å². The number of anilines is 1. The van der Waals surface area contributed by atoms with E-state index in [1.165, 1.54) is 5.01 Å². The molecule has 0 fully saturated rings. The van der Waals surface area contributed by atoms with Gasteiger partial charge in [0, 0.05) is 22.4 Å². The third-order valence-corrected chi connectivity index (χ3v) is 4.08. The minimum Gasteiger partial charge on any atom is -0.399 e. The van der Waals surface area contributed by atoms with Crippen molar-refractivity contribution in [1.82, 2.24) is 4.98 Å². The van der Waals surface area contributed by atoms with Crippen molar-refractivity contribution in [3.05, 3.63) is 34.7 Å². The molecule has 0 saturated heterocycles. The molecule has 0 aliphatic heterocycles. The fourth-order valence-electron chi connectivity index (χ4n) is 1.40. The lowest BCUT2D eigenvalue weighted by atomic mass is 10.1. The van der Waals surface area contributed by atoms with Crippen LogP contribution in [0.1, 0.15) is 11.9 Å². The predicted octanol–water partition coefficient (Wildman–Crippen LogP) is 3.65. The van der Waals surface area contributed by atoms with Crippen LogP contribution >= 0.6 is 23.1 Å². The summed E-state index contributed by atoms with van der Waals surface area (Å²) in [4.78, 5) is 4.60. The lowest BCUT2D eigenvalue weighted by Gasteiger charge is -1.98. The van der Waals surface area contributed by atoms with Crippen molar-refractivity contribution in [3.63, 3.8) is 0 Å². The smallest absolute Gasteiger partial charge is 0.103 e. The van der Waals surface area contributed by atoms with Gasteiger partial charge in [0.25, 0.3) is 0 Å². The highest BCUT2D eigenvalue weighted by atomic mass is 32.2. The third-order valence-electron chi connectivity index (χ3n) is 2.16. The van der Waals surface area contributed by atoms with E-state index in [1.54, 1.807) is 11.3 Å². The van der Waals surface area contributed by atoms with Gasteiger partial charge in [-0.2, -0.15) is 11.8 Å². The molecule has 0 spiro atoms. The van der Waals surface area contributed by atoms with E-state index in [9.17, 15) is 0 Å². The second-order valence-corrected chi connectivity index (χ2v) is 5.61. The summed E-state index contributed by atoms with van der Waals surface area (Å²) in [5.74, 6) is 2.14. The first-order valence-corrected chi connectivity index (χ1v) is 7.21. The molecule has 1 heterocycles. The Balaban J connectivity index is 2.18. The van der Waals surface area contributed by atoms with Crippen molar-refractivity contribution < 1.29 is 0 Å². The van der Waals surface area contributed by atoms with Gasteiger partial charge in [-0.05, 0) is 17.9 Å². The van der Waals surface area contributed by atoms with Crippen molar-refractivity contribution in [2.75, 3.05) is 11.5 Å². The molecule has 4 heteroatoms. The normalized spacial score (nSPS) is 10.6. The fourth-order valence-corrected chi connectivity index (χ4v) is 2.95. The lowest BCUT2D eigenvalue weighted by Crippen LogP contribution is -1.86. The van der Waals surface area contributed by atoms with Crippen LogP contribution in [0.5, 0.6) is 0 Å². The van der Waals surface area contributed by atoms with Gasteiger partial charge in [0.15, 0.2) is 0 Å². The molecule has 0 saturated carbocycles. The van der Waals surface area contributed by atoms with Gasteiger partial charge in [-0.15, -0.1) is 11.3 Å². The molecule has 1 aromatic carbocycles. The summed E-state index contributed by atoms with van der Waals surface area (Å²) in [6.45, 7) is 2.16. The average Bonchev–Trinajstić information content (AvgIpc) is 2.75. The highest BCUT2D eigenvalue weighted by Gasteiger charge is 2.04. The van der Waals surface area contributed by atoms with Gasteiger partial charge in [0.05, 0.1) is 5.69 Å². The van der Waals surface area contributed by atoms with E-state index in [0.29, 0.717) is 0 Å². The average molecular weight is 250 g/mol. The molecule has 16 heavy (non-hydrogen) atoms. The van der Waals surface area contributed by atoms with Crippen LogP contribution in [0.15, 0.2) is 29.6 Å². The quantitative estimate of drug-likeness (QED) is 0.842. The first kappa shape index (κ1) is 11.5. The molecule has 2 aromatic rings. The maximum absolute atomic E-state index is 5.75. The van der Waals surface area contributed by atoms with Gasteiger partial charge in [-0.3, -0.25) is 0 Å². The van der Waals surface area contributed by atoms with E-state index in [4.69, 9.17) is 5.73 Å². The highest BCUT2D eigenvalue weighted by molar-refractivity contribution is 7.98. The van der Waals surface area contributed by atoms with Crippen molar-refractivity contribution in [2.45, 2.75) is 12.7 Å². The molecule has 1 aromatic heterocycles. The van der Waals surface area contributed by atoms with E-state index in [1.807, 2.05) is 36.0 Å². The Morgan fingerprint density at radius 1 is 1.44 bits per heavy atom. The molecule has 0 aliphatic rings. The monoisotopic (exact) mass is 250 g/mol. The van der Waals surface area contributed by atoms with Crippen LogP contribution in [0, 0.1) is 0 Å². The Bertz CT molecular complexity index is 466. The molecular formula is C12H14N2S2. The van der Waals surface area contributed by atoms with Crippen LogP contribution in [-0.2, 0) is 5.75 Å². The van der Waals surface area contributed by atoms with Crippen LogP contribution in [0.3, 0.4) is 0 Å². The van der Waals surface area contributed by atoms with Crippen molar-refractivity contribution in [2.24, 2.45) is 0 Å². The van der Waals surface area contributed by atoms with Gasteiger partial charge in [-0.25, -0.2) is 4.98 Å². The molecule has 0 unspecified atom stereocenters. The second kappa shape index (κ2) is 5.37. The van der Waals surface area contributed by atoms with Crippen LogP contribution < -0.4 is 5.73 Å². The number of nitrogen functional groups attached to an aromatic ring is 1. The predicted molar refractivity (Wildman–Crippen MR) is 73.8 cm³/mol. The topological polar surface area (TPSA) is 38.9 Å². The Morgan fingerprint density at radius 2 is 2.31 bits per heavy atom. The van der Waals surface area contributed by atoms with Gasteiger partial charge in [0.1, 0.15) is 5.01 Å². The SMILES string of the molecule is CCSCc1nc(-c2cccc(N)c2)cs1. The van der Waals surface area contributed by atoms with E-state index in [-0.39, 0.29) is 0 Å². The maximum Gasteiger partial charge on any atom is 0.103 e. The summed E-state index contributed by atoms with van der Waals surface area (Å²) >= 11 is 3.61. The maximum atomic E-state index is 5.75. The molecule has 2 nitrogen and oxygen atoms in total. The van der Waals surface area contributed by atoms with Crippen LogP contribution in [-0.4, -0.2) is 10.7 Å².